The Morgan fingerprint density at radius 3 is 2.23 bits per heavy atom. The van der Waals surface area contributed by atoms with Crippen molar-refractivity contribution in [3.8, 4) is 17.6 Å². The van der Waals surface area contributed by atoms with E-state index in [1.165, 1.54) is 24.0 Å². The fraction of sp³-hybridized carbons (Fsp3) is 0.367. The summed E-state index contributed by atoms with van der Waals surface area (Å²) in [6.07, 6.45) is 6.11. The topological polar surface area (TPSA) is 48.8 Å². The van der Waals surface area contributed by atoms with Crippen LogP contribution in [0.15, 0.2) is 73.1 Å². The lowest BCUT2D eigenvalue weighted by atomic mass is 9.74. The summed E-state index contributed by atoms with van der Waals surface area (Å²) < 4.78 is 5.22. The van der Waals surface area contributed by atoms with Gasteiger partial charge in [-0.2, -0.15) is 0 Å². The minimum atomic E-state index is 0.192. The molecule has 2 aromatic carbocycles. The molecular weight excluding hydrogens is 434 g/mol. The number of nitrogens with zero attached hydrogens (tertiary/aromatic N) is 3. The van der Waals surface area contributed by atoms with Gasteiger partial charge in [0.15, 0.2) is 0 Å². The molecule has 1 aromatic heterocycles. The van der Waals surface area contributed by atoms with E-state index in [1.807, 2.05) is 36.7 Å². The molecule has 0 amide bonds. The fourth-order valence-corrected chi connectivity index (χ4v) is 5.51. The van der Waals surface area contributed by atoms with Gasteiger partial charge >= 0.3 is 0 Å². The molecular formula is C30H33N3O2. The Hall–Kier alpha value is -3.17. The molecule has 0 aliphatic carbocycles. The summed E-state index contributed by atoms with van der Waals surface area (Å²) in [6, 6.07) is 21.3. The standard InChI is InChI=1S/C30H33N3O2/c1-35-27-12-8-24(9-13-27)5-4-23-6-10-26(11-7-23)30-28-21-32(20-25-14-16-31-17-15-25)18-2-3-19-33(28)29(30)22-34/h6-17,28-30,34H,2-3,18-22H2,1H3/t28-,29-,30-/m0/s1. The average Bonchev–Trinajstić information content (AvgIpc) is 2.89. The number of aliphatic hydroxyl groups is 1. The lowest BCUT2D eigenvalue weighted by Gasteiger charge is -2.57. The van der Waals surface area contributed by atoms with E-state index in [1.54, 1.807) is 7.11 Å². The normalized spacial score (nSPS) is 22.6. The Morgan fingerprint density at radius 1 is 0.914 bits per heavy atom. The highest BCUT2D eigenvalue weighted by molar-refractivity contribution is 5.45. The first-order chi connectivity index (χ1) is 17.2. The monoisotopic (exact) mass is 467 g/mol. The fourth-order valence-electron chi connectivity index (χ4n) is 5.51. The molecule has 5 nitrogen and oxygen atoms in total. The van der Waals surface area contributed by atoms with Crippen LogP contribution in [-0.2, 0) is 6.54 Å². The molecule has 0 spiro atoms. The summed E-state index contributed by atoms with van der Waals surface area (Å²) in [5.41, 5.74) is 4.57. The van der Waals surface area contributed by atoms with E-state index in [4.69, 9.17) is 4.74 Å². The first-order valence-corrected chi connectivity index (χ1v) is 12.5. The number of rotatable bonds is 5. The largest absolute Gasteiger partial charge is 0.497 e. The molecule has 3 atom stereocenters. The molecule has 2 aliphatic rings. The first-order valence-electron chi connectivity index (χ1n) is 12.5. The molecule has 0 unspecified atom stereocenters. The van der Waals surface area contributed by atoms with Crippen LogP contribution < -0.4 is 4.74 Å². The molecule has 5 heteroatoms. The SMILES string of the molecule is COc1ccc(C#Cc2ccc([C@@H]3[C@H](CO)N4CCCCN(Cc5ccncc5)C[C@@H]34)cc2)cc1. The summed E-state index contributed by atoms with van der Waals surface area (Å²) >= 11 is 0. The van der Waals surface area contributed by atoms with Crippen LogP contribution in [0.4, 0.5) is 0 Å². The van der Waals surface area contributed by atoms with Crippen LogP contribution >= 0.6 is 0 Å². The molecule has 2 fully saturated rings. The highest BCUT2D eigenvalue weighted by Crippen LogP contribution is 2.42. The van der Waals surface area contributed by atoms with Gasteiger partial charge < -0.3 is 9.84 Å². The number of aromatic nitrogens is 1. The summed E-state index contributed by atoms with van der Waals surface area (Å²) in [6.45, 7) is 4.35. The highest BCUT2D eigenvalue weighted by Gasteiger charge is 2.48. The van der Waals surface area contributed by atoms with Crippen LogP contribution in [0.2, 0.25) is 0 Å². The van der Waals surface area contributed by atoms with Crippen molar-refractivity contribution in [2.24, 2.45) is 0 Å². The summed E-state index contributed by atoms with van der Waals surface area (Å²) in [4.78, 5) is 9.26. The van der Waals surface area contributed by atoms with Crippen LogP contribution in [0.25, 0.3) is 0 Å². The van der Waals surface area contributed by atoms with E-state index in [0.717, 1.165) is 43.1 Å². The van der Waals surface area contributed by atoms with Crippen LogP contribution in [0.1, 0.15) is 41.0 Å². The lowest BCUT2D eigenvalue weighted by Crippen LogP contribution is -2.67. The van der Waals surface area contributed by atoms with E-state index in [0.29, 0.717) is 12.0 Å². The predicted molar refractivity (Wildman–Crippen MR) is 138 cm³/mol. The van der Waals surface area contributed by atoms with Gasteiger partial charge in [0.2, 0.25) is 0 Å². The van der Waals surface area contributed by atoms with Gasteiger partial charge in [0.25, 0.3) is 0 Å². The zero-order valence-electron chi connectivity index (χ0n) is 20.3. The second-order valence-electron chi connectivity index (χ2n) is 9.48. The maximum absolute atomic E-state index is 10.2. The molecule has 2 aliphatic heterocycles. The molecule has 1 N–H and O–H groups in total. The van der Waals surface area contributed by atoms with Crippen LogP contribution in [-0.4, -0.2) is 65.3 Å². The predicted octanol–water partition coefficient (Wildman–Crippen LogP) is 3.91. The Balaban J connectivity index is 1.30. The van der Waals surface area contributed by atoms with Gasteiger partial charge in [-0.1, -0.05) is 24.0 Å². The van der Waals surface area contributed by atoms with Gasteiger partial charge in [0.05, 0.1) is 13.7 Å². The summed E-state index contributed by atoms with van der Waals surface area (Å²) in [5, 5.41) is 10.2. The smallest absolute Gasteiger partial charge is 0.118 e. The Kier molecular flexibility index (Phi) is 7.44. The third-order valence-corrected chi connectivity index (χ3v) is 7.35. The van der Waals surface area contributed by atoms with Crippen LogP contribution in [0.5, 0.6) is 5.75 Å². The number of aliphatic hydroxyl groups excluding tert-OH is 1. The first kappa shape index (κ1) is 23.6. The quantitative estimate of drug-likeness (QED) is 0.577. The minimum Gasteiger partial charge on any atom is -0.497 e. The van der Waals surface area contributed by atoms with Gasteiger partial charge in [-0.15, -0.1) is 0 Å². The highest BCUT2D eigenvalue weighted by atomic mass is 16.5. The third-order valence-electron chi connectivity index (χ3n) is 7.35. The third kappa shape index (κ3) is 5.41. The minimum absolute atomic E-state index is 0.192. The molecule has 0 saturated carbocycles. The molecule has 5 rings (SSSR count). The number of hydrogen-bond acceptors (Lipinski definition) is 5. The summed E-state index contributed by atoms with van der Waals surface area (Å²) in [5.74, 6) is 7.67. The zero-order valence-corrected chi connectivity index (χ0v) is 20.3. The van der Waals surface area contributed by atoms with Crippen molar-refractivity contribution in [3.63, 3.8) is 0 Å². The maximum atomic E-state index is 10.2. The Bertz CT molecular complexity index is 1150. The summed E-state index contributed by atoms with van der Waals surface area (Å²) in [7, 11) is 1.67. The van der Waals surface area contributed by atoms with Gasteiger partial charge in [-0.25, -0.2) is 0 Å². The van der Waals surface area contributed by atoms with Gasteiger partial charge in [0, 0.05) is 54.6 Å². The number of ether oxygens (including phenoxy) is 1. The molecule has 0 radical (unpaired) electrons. The molecule has 0 bridgehead atoms. The van der Waals surface area contributed by atoms with E-state index >= 15 is 0 Å². The van der Waals surface area contributed by atoms with Crippen LogP contribution in [0, 0.1) is 11.8 Å². The second-order valence-corrected chi connectivity index (χ2v) is 9.48. The Labute approximate surface area is 208 Å². The van der Waals surface area contributed by atoms with E-state index in [2.05, 4.69) is 63.0 Å². The zero-order chi connectivity index (χ0) is 24.0. The number of pyridine rings is 1. The van der Waals surface area contributed by atoms with Gasteiger partial charge in [0.1, 0.15) is 5.75 Å². The number of methoxy groups -OCH3 is 1. The molecule has 35 heavy (non-hydrogen) atoms. The van der Waals surface area contributed by atoms with Crippen molar-refractivity contribution in [1.29, 1.82) is 0 Å². The van der Waals surface area contributed by atoms with E-state index in [-0.39, 0.29) is 12.6 Å². The second kappa shape index (κ2) is 11.0. The van der Waals surface area contributed by atoms with Crippen molar-refractivity contribution in [2.45, 2.75) is 37.4 Å². The average molecular weight is 468 g/mol. The van der Waals surface area contributed by atoms with Crippen molar-refractivity contribution in [1.82, 2.24) is 14.8 Å². The Morgan fingerprint density at radius 2 is 1.57 bits per heavy atom. The van der Waals surface area contributed by atoms with Gasteiger partial charge in [-0.3, -0.25) is 14.8 Å². The maximum Gasteiger partial charge on any atom is 0.118 e. The molecule has 3 heterocycles. The van der Waals surface area contributed by atoms with E-state index in [9.17, 15) is 5.11 Å². The van der Waals surface area contributed by atoms with E-state index < -0.39 is 0 Å². The molecule has 180 valence electrons. The van der Waals surface area contributed by atoms with Gasteiger partial charge in [-0.05, 0) is 85.6 Å². The van der Waals surface area contributed by atoms with Crippen molar-refractivity contribution < 1.29 is 9.84 Å². The number of fused-ring (bicyclic) bond motifs is 1. The molecule has 2 saturated heterocycles. The van der Waals surface area contributed by atoms with Crippen molar-refractivity contribution in [3.05, 3.63) is 95.3 Å². The van der Waals surface area contributed by atoms with Crippen LogP contribution in [0.3, 0.4) is 0 Å². The lowest BCUT2D eigenvalue weighted by molar-refractivity contribution is -0.0655. The van der Waals surface area contributed by atoms with Crippen molar-refractivity contribution >= 4 is 0 Å². The number of benzene rings is 2. The van der Waals surface area contributed by atoms with Crippen molar-refractivity contribution in [2.75, 3.05) is 33.4 Å². The number of hydrogen-bond donors (Lipinski definition) is 1. The molecule has 3 aromatic rings.